The number of phenolic OH excluding ortho intramolecular Hbond substituents is 1. The van der Waals surface area contributed by atoms with E-state index in [0.29, 0.717) is 16.2 Å². The number of aromatic amines is 1. The number of nitrogens with zero attached hydrogens (tertiary/aromatic N) is 2. The van der Waals surface area contributed by atoms with E-state index in [2.05, 4.69) is 10.2 Å². The van der Waals surface area contributed by atoms with Gasteiger partial charge in [0.2, 0.25) is 0 Å². The van der Waals surface area contributed by atoms with Crippen molar-refractivity contribution in [2.24, 2.45) is 7.05 Å². The minimum atomic E-state index is 0.199. The summed E-state index contributed by atoms with van der Waals surface area (Å²) in [5.41, 5.74) is 0.669. The lowest BCUT2D eigenvalue weighted by atomic mass is 10.2. The van der Waals surface area contributed by atoms with Gasteiger partial charge in [-0.05, 0) is 24.4 Å². The monoisotopic (exact) mass is 237 g/mol. The van der Waals surface area contributed by atoms with E-state index in [4.69, 9.17) is 12.2 Å². The number of aromatic hydroxyl groups is 1. The van der Waals surface area contributed by atoms with Gasteiger partial charge >= 0.3 is 0 Å². The first-order chi connectivity index (χ1) is 7.70. The highest BCUT2D eigenvalue weighted by Crippen LogP contribution is 2.26. The van der Waals surface area contributed by atoms with E-state index in [9.17, 15) is 5.11 Å². The number of H-pyrrole nitrogens is 1. The van der Waals surface area contributed by atoms with Crippen molar-refractivity contribution >= 4 is 12.2 Å². The minimum absolute atomic E-state index is 0.199. The average molecular weight is 237 g/mol. The molecule has 2 aromatic rings. The second-order valence-corrected chi connectivity index (χ2v) is 3.32. The number of hydrogen-bond donors (Lipinski definition) is 2. The summed E-state index contributed by atoms with van der Waals surface area (Å²) >= 11 is 4.98. The van der Waals surface area contributed by atoms with Crippen molar-refractivity contribution in [1.82, 2.24) is 14.8 Å². The number of hydrogen-bond acceptors (Lipinski definition) is 3. The molecule has 0 atom stereocenters. The summed E-state index contributed by atoms with van der Waals surface area (Å²) in [5.74, 6) is 0.831. The lowest BCUT2D eigenvalue weighted by Gasteiger charge is -2.02. The van der Waals surface area contributed by atoms with Gasteiger partial charge in [-0.2, -0.15) is 5.10 Å². The molecule has 0 fully saturated rings. The van der Waals surface area contributed by atoms with Crippen LogP contribution in [0.5, 0.6) is 5.75 Å². The zero-order valence-corrected chi connectivity index (χ0v) is 10.4. The third-order valence-corrected chi connectivity index (χ3v) is 2.39. The van der Waals surface area contributed by atoms with Gasteiger partial charge in [0.15, 0.2) is 10.6 Å². The van der Waals surface area contributed by atoms with Gasteiger partial charge in [0.1, 0.15) is 5.75 Å². The molecule has 4 nitrogen and oxygen atoms in total. The van der Waals surface area contributed by atoms with Crippen LogP contribution in [-0.2, 0) is 7.05 Å². The summed E-state index contributed by atoms with van der Waals surface area (Å²) < 4.78 is 2.24. The van der Waals surface area contributed by atoms with E-state index in [1.54, 1.807) is 29.8 Å². The van der Waals surface area contributed by atoms with Crippen LogP contribution in [0.25, 0.3) is 11.4 Å². The smallest absolute Gasteiger partial charge is 0.195 e. The molecule has 0 bridgehead atoms. The molecule has 0 unspecified atom stereocenters. The molecule has 0 spiro atoms. The molecule has 0 aliphatic heterocycles. The van der Waals surface area contributed by atoms with E-state index in [-0.39, 0.29) is 5.75 Å². The highest BCUT2D eigenvalue weighted by atomic mass is 32.1. The summed E-state index contributed by atoms with van der Waals surface area (Å²) in [5, 5.41) is 16.3. The molecule has 2 N–H and O–H groups in total. The second kappa shape index (κ2) is 5.46. The highest BCUT2D eigenvalue weighted by molar-refractivity contribution is 7.71. The number of nitrogens with one attached hydrogen (secondary N) is 1. The molecule has 1 aromatic heterocycles. The summed E-state index contributed by atoms with van der Waals surface area (Å²) in [4.78, 5) is 0. The molecule has 86 valence electrons. The Morgan fingerprint density at radius 3 is 2.44 bits per heavy atom. The van der Waals surface area contributed by atoms with E-state index in [1.165, 1.54) is 0 Å². The Bertz CT molecular complexity index is 516. The van der Waals surface area contributed by atoms with Gasteiger partial charge in [-0.1, -0.05) is 26.0 Å². The summed E-state index contributed by atoms with van der Waals surface area (Å²) in [6.45, 7) is 4.00. The van der Waals surface area contributed by atoms with Crippen molar-refractivity contribution in [3.05, 3.63) is 29.0 Å². The maximum atomic E-state index is 9.60. The average Bonchev–Trinajstić information content (AvgIpc) is 2.64. The molecule has 0 saturated heterocycles. The van der Waals surface area contributed by atoms with Gasteiger partial charge in [-0.15, -0.1) is 0 Å². The van der Waals surface area contributed by atoms with Crippen LogP contribution >= 0.6 is 12.2 Å². The predicted octanol–water partition coefficient (Wildman–Crippen LogP) is 2.88. The highest BCUT2D eigenvalue weighted by Gasteiger charge is 2.08. The van der Waals surface area contributed by atoms with Crippen molar-refractivity contribution in [2.45, 2.75) is 13.8 Å². The molecular formula is C11H15N3OS. The van der Waals surface area contributed by atoms with Gasteiger partial charge in [0.25, 0.3) is 0 Å². The third-order valence-electron chi connectivity index (χ3n) is 2.02. The normalized spacial score (nSPS) is 9.44. The maximum Gasteiger partial charge on any atom is 0.195 e. The maximum absolute atomic E-state index is 9.60. The Morgan fingerprint density at radius 2 is 1.94 bits per heavy atom. The van der Waals surface area contributed by atoms with Gasteiger partial charge in [-0.25, -0.2) is 0 Å². The Balaban J connectivity index is 0.000000606. The number of aromatic nitrogens is 3. The van der Waals surface area contributed by atoms with Crippen molar-refractivity contribution in [1.29, 1.82) is 0 Å². The molecular weight excluding hydrogens is 222 g/mol. The molecule has 0 aliphatic rings. The molecule has 5 heteroatoms. The van der Waals surface area contributed by atoms with E-state index >= 15 is 0 Å². The van der Waals surface area contributed by atoms with Crippen LogP contribution in [0.1, 0.15) is 13.8 Å². The first-order valence-electron chi connectivity index (χ1n) is 5.10. The fourth-order valence-corrected chi connectivity index (χ4v) is 1.38. The Morgan fingerprint density at radius 1 is 1.31 bits per heavy atom. The molecule has 1 aromatic carbocycles. The van der Waals surface area contributed by atoms with Crippen LogP contribution in [0.3, 0.4) is 0 Å². The minimum Gasteiger partial charge on any atom is -0.507 e. The number of benzene rings is 1. The third kappa shape index (κ3) is 2.30. The predicted molar refractivity (Wildman–Crippen MR) is 66.8 cm³/mol. The standard InChI is InChI=1S/C9H9N3OS.C2H6/c1-12-8(10-11-9(12)14)6-4-2-3-5-7(6)13;1-2/h2-5,13H,1H3,(H,11,14);1-2H3. The Labute approximate surface area is 99.6 Å². The van der Waals surface area contributed by atoms with Gasteiger partial charge in [-0.3, -0.25) is 5.10 Å². The van der Waals surface area contributed by atoms with Crippen LogP contribution in [0.2, 0.25) is 0 Å². The molecule has 16 heavy (non-hydrogen) atoms. The fraction of sp³-hybridized carbons (Fsp3) is 0.273. The summed E-state index contributed by atoms with van der Waals surface area (Å²) in [6.07, 6.45) is 0. The van der Waals surface area contributed by atoms with E-state index < -0.39 is 0 Å². The first-order valence-corrected chi connectivity index (χ1v) is 5.50. The fourth-order valence-electron chi connectivity index (χ4n) is 1.25. The van der Waals surface area contributed by atoms with Crippen LogP contribution in [0, 0.1) is 4.77 Å². The van der Waals surface area contributed by atoms with Gasteiger partial charge in [0, 0.05) is 7.05 Å². The van der Waals surface area contributed by atoms with Crippen molar-refractivity contribution < 1.29 is 5.11 Å². The van der Waals surface area contributed by atoms with Crippen LogP contribution < -0.4 is 0 Å². The molecule has 0 radical (unpaired) electrons. The topological polar surface area (TPSA) is 53.8 Å². The van der Waals surface area contributed by atoms with Crippen LogP contribution in [0.15, 0.2) is 24.3 Å². The van der Waals surface area contributed by atoms with Crippen molar-refractivity contribution in [2.75, 3.05) is 0 Å². The van der Waals surface area contributed by atoms with E-state index in [1.807, 2.05) is 19.9 Å². The van der Waals surface area contributed by atoms with Gasteiger partial charge in [0.05, 0.1) is 5.56 Å². The van der Waals surface area contributed by atoms with E-state index in [0.717, 1.165) is 0 Å². The first kappa shape index (κ1) is 12.4. The molecule has 1 heterocycles. The second-order valence-electron chi connectivity index (χ2n) is 2.93. The van der Waals surface area contributed by atoms with Crippen molar-refractivity contribution in [3.8, 4) is 17.1 Å². The largest absolute Gasteiger partial charge is 0.507 e. The number of phenols is 1. The molecule has 0 amide bonds. The Kier molecular flexibility index (Phi) is 4.25. The van der Waals surface area contributed by atoms with Gasteiger partial charge < -0.3 is 9.67 Å². The van der Waals surface area contributed by atoms with Crippen LogP contribution in [-0.4, -0.2) is 19.9 Å². The zero-order chi connectivity index (χ0) is 12.1. The number of rotatable bonds is 1. The Hall–Kier alpha value is -1.62. The van der Waals surface area contributed by atoms with Crippen LogP contribution in [0.4, 0.5) is 0 Å². The molecule has 0 saturated carbocycles. The summed E-state index contributed by atoms with van der Waals surface area (Å²) in [6, 6.07) is 7.01. The zero-order valence-electron chi connectivity index (χ0n) is 9.56. The number of para-hydroxylation sites is 1. The quantitative estimate of drug-likeness (QED) is 0.750. The lowest BCUT2D eigenvalue weighted by molar-refractivity contribution is 0.476. The van der Waals surface area contributed by atoms with Crippen molar-refractivity contribution in [3.63, 3.8) is 0 Å². The summed E-state index contributed by atoms with van der Waals surface area (Å²) in [7, 11) is 1.80. The SMILES string of the molecule is CC.Cn1c(-c2ccccc2O)n[nH]c1=S. The molecule has 2 rings (SSSR count). The lowest BCUT2D eigenvalue weighted by Crippen LogP contribution is -1.92. The molecule has 0 aliphatic carbocycles.